The molecule has 0 radical (unpaired) electrons. The van der Waals surface area contributed by atoms with Gasteiger partial charge in [0.1, 0.15) is 0 Å². The molecule has 1 aliphatic heterocycles. The number of piperidine rings is 1. The molecule has 188 valence electrons. The number of unbranched alkanes of at least 4 members (excludes halogenated alkanes) is 2. The van der Waals surface area contributed by atoms with E-state index in [9.17, 15) is 22.4 Å². The Labute approximate surface area is 201 Å². The Hall–Kier alpha value is -2.26. The van der Waals surface area contributed by atoms with Crippen LogP contribution in [0.1, 0.15) is 76.3 Å². The quantitative estimate of drug-likeness (QED) is 0.230. The number of benzene rings is 1. The van der Waals surface area contributed by atoms with Crippen molar-refractivity contribution in [2.24, 2.45) is 11.8 Å². The summed E-state index contributed by atoms with van der Waals surface area (Å²) in [5, 5.41) is 2.37. The fraction of sp³-hybridized carbons (Fsp3) is 0.600. The number of nitrogens with one attached hydrogen (secondary N) is 2. The molecule has 9 heteroatoms. The highest BCUT2D eigenvalue weighted by Crippen LogP contribution is 2.31. The monoisotopic (exact) mass is 494 g/mol. The summed E-state index contributed by atoms with van der Waals surface area (Å²) >= 11 is 0. The van der Waals surface area contributed by atoms with Gasteiger partial charge in [-0.1, -0.05) is 18.2 Å². The van der Waals surface area contributed by atoms with E-state index < -0.39 is 21.9 Å². The van der Waals surface area contributed by atoms with Gasteiger partial charge in [0.2, 0.25) is 21.8 Å². The lowest BCUT2D eigenvalue weighted by Gasteiger charge is -2.20. The molecule has 1 heterocycles. The number of halogens is 1. The van der Waals surface area contributed by atoms with E-state index in [1.54, 1.807) is 19.1 Å². The average molecular weight is 495 g/mol. The van der Waals surface area contributed by atoms with Gasteiger partial charge in [0.15, 0.2) is 11.6 Å². The number of hydrogen-bond acceptors (Lipinski definition) is 5. The molecule has 1 saturated heterocycles. The van der Waals surface area contributed by atoms with Crippen molar-refractivity contribution < 1.29 is 27.1 Å². The molecular weight excluding hydrogens is 459 g/mol. The number of carbonyl (C=O) groups excluding carboxylic acids is 2. The molecule has 3 rings (SSSR count). The first-order valence-electron chi connectivity index (χ1n) is 12.1. The number of rotatable bonds is 14. The Morgan fingerprint density at radius 1 is 1.18 bits per heavy atom. The summed E-state index contributed by atoms with van der Waals surface area (Å²) in [7, 11) is -3.48. The van der Waals surface area contributed by atoms with E-state index in [4.69, 9.17) is 4.74 Å². The molecule has 0 aromatic heterocycles. The smallest absolute Gasteiger partial charge is 0.229 e. The summed E-state index contributed by atoms with van der Waals surface area (Å²) in [6.45, 7) is 2.22. The molecule has 2 amide bonds. The van der Waals surface area contributed by atoms with Crippen LogP contribution in [-0.2, 0) is 19.6 Å². The second-order valence-electron chi connectivity index (χ2n) is 9.30. The van der Waals surface area contributed by atoms with Gasteiger partial charge in [0.05, 0.1) is 12.4 Å². The standard InChI is InChI=1S/C25H35FN2O5S/c1-18(21-11-13-22(26)23(16-21)33-17-19-9-10-19)28-34(31,32)15-7-5-3-2-4-6-8-20-12-14-24(29)27-25(20)30/h2-3,11,13,16,18-20,28H,4-10,12,14-15,17H2,1H3,(H,27,29,30)/b3-2+/t18-,20?/m1/s1. The number of allylic oxidation sites excluding steroid dienone is 2. The maximum absolute atomic E-state index is 14.0. The van der Waals surface area contributed by atoms with E-state index >= 15 is 0 Å². The molecule has 1 unspecified atom stereocenters. The Morgan fingerprint density at radius 2 is 1.91 bits per heavy atom. The van der Waals surface area contributed by atoms with Crippen molar-refractivity contribution >= 4 is 21.8 Å². The molecule has 2 fully saturated rings. The molecule has 0 bridgehead atoms. The first-order chi connectivity index (χ1) is 16.2. The van der Waals surface area contributed by atoms with Crippen LogP contribution in [0.3, 0.4) is 0 Å². The Bertz CT molecular complexity index is 991. The van der Waals surface area contributed by atoms with Crippen molar-refractivity contribution in [2.45, 2.75) is 70.8 Å². The molecule has 34 heavy (non-hydrogen) atoms. The first kappa shape index (κ1) is 26.3. The van der Waals surface area contributed by atoms with E-state index in [1.807, 2.05) is 12.2 Å². The molecule has 2 atom stereocenters. The molecule has 1 aromatic carbocycles. The number of amides is 2. The maximum atomic E-state index is 14.0. The number of carbonyl (C=O) groups is 2. The zero-order valence-electron chi connectivity index (χ0n) is 19.7. The van der Waals surface area contributed by atoms with Crippen LogP contribution in [0.2, 0.25) is 0 Å². The largest absolute Gasteiger partial charge is 0.490 e. The van der Waals surface area contributed by atoms with Crippen molar-refractivity contribution in [3.63, 3.8) is 0 Å². The van der Waals surface area contributed by atoms with E-state index in [2.05, 4.69) is 10.0 Å². The second kappa shape index (κ2) is 12.4. The van der Waals surface area contributed by atoms with Crippen LogP contribution >= 0.6 is 0 Å². The second-order valence-corrected chi connectivity index (χ2v) is 11.2. The lowest BCUT2D eigenvalue weighted by molar-refractivity contribution is -0.136. The predicted octanol–water partition coefficient (Wildman–Crippen LogP) is 4.15. The minimum absolute atomic E-state index is 0.00415. The zero-order chi connectivity index (χ0) is 24.6. The van der Waals surface area contributed by atoms with Crippen molar-refractivity contribution in [3.8, 4) is 5.75 Å². The molecular formula is C25H35FN2O5S. The Kier molecular flexibility index (Phi) is 9.64. The minimum Gasteiger partial charge on any atom is -0.490 e. The van der Waals surface area contributed by atoms with Gasteiger partial charge in [-0.2, -0.15) is 0 Å². The summed E-state index contributed by atoms with van der Waals surface area (Å²) < 4.78 is 47.1. The number of ether oxygens (including phenoxy) is 1. The lowest BCUT2D eigenvalue weighted by atomic mass is 9.93. The summed E-state index contributed by atoms with van der Waals surface area (Å²) in [5.41, 5.74) is 0.659. The van der Waals surface area contributed by atoms with Crippen LogP contribution in [0.4, 0.5) is 4.39 Å². The third-order valence-electron chi connectivity index (χ3n) is 6.21. The molecule has 1 saturated carbocycles. The number of sulfonamides is 1. The van der Waals surface area contributed by atoms with Crippen LogP contribution in [0.15, 0.2) is 30.4 Å². The van der Waals surface area contributed by atoms with Gasteiger partial charge in [0, 0.05) is 18.4 Å². The molecule has 7 nitrogen and oxygen atoms in total. The van der Waals surface area contributed by atoms with Crippen molar-refractivity contribution in [1.29, 1.82) is 0 Å². The van der Waals surface area contributed by atoms with Crippen molar-refractivity contribution in [3.05, 3.63) is 41.7 Å². The molecule has 2 aliphatic rings. The zero-order valence-corrected chi connectivity index (χ0v) is 20.5. The molecule has 2 N–H and O–H groups in total. The maximum Gasteiger partial charge on any atom is 0.229 e. The fourth-order valence-electron chi connectivity index (χ4n) is 3.91. The van der Waals surface area contributed by atoms with Crippen LogP contribution < -0.4 is 14.8 Å². The van der Waals surface area contributed by atoms with Gasteiger partial charge in [-0.15, -0.1) is 0 Å². The van der Waals surface area contributed by atoms with Crippen molar-refractivity contribution in [1.82, 2.24) is 10.0 Å². The van der Waals surface area contributed by atoms with Crippen molar-refractivity contribution in [2.75, 3.05) is 12.4 Å². The Balaban J connectivity index is 1.33. The summed E-state index contributed by atoms with van der Waals surface area (Å²) in [6.07, 6.45) is 10.8. The lowest BCUT2D eigenvalue weighted by Crippen LogP contribution is -2.40. The SMILES string of the molecule is C[C@@H](NS(=O)(=O)CCC/C=C/CCCC1CCC(=O)NC1=O)c1ccc(F)c(OCC2CC2)c1. The van der Waals surface area contributed by atoms with Gasteiger partial charge in [-0.05, 0) is 81.9 Å². The number of hydrogen-bond donors (Lipinski definition) is 2. The van der Waals surface area contributed by atoms with E-state index in [-0.39, 0.29) is 29.2 Å². The Morgan fingerprint density at radius 3 is 2.62 bits per heavy atom. The summed E-state index contributed by atoms with van der Waals surface area (Å²) in [4.78, 5) is 22.9. The van der Waals surface area contributed by atoms with Gasteiger partial charge < -0.3 is 4.74 Å². The van der Waals surface area contributed by atoms with Crippen LogP contribution in [0.5, 0.6) is 5.75 Å². The highest BCUT2D eigenvalue weighted by Gasteiger charge is 2.25. The third kappa shape index (κ3) is 8.83. The summed E-state index contributed by atoms with van der Waals surface area (Å²) in [5.74, 6) is -0.231. The van der Waals surface area contributed by atoms with Gasteiger partial charge in [-0.25, -0.2) is 17.5 Å². The third-order valence-corrected chi connectivity index (χ3v) is 7.75. The minimum atomic E-state index is -3.48. The highest BCUT2D eigenvalue weighted by atomic mass is 32.2. The van der Waals surface area contributed by atoms with Gasteiger partial charge in [-0.3, -0.25) is 14.9 Å². The predicted molar refractivity (Wildman–Crippen MR) is 128 cm³/mol. The molecule has 1 aromatic rings. The van der Waals surface area contributed by atoms with Crippen LogP contribution in [0.25, 0.3) is 0 Å². The molecule has 1 aliphatic carbocycles. The fourth-order valence-corrected chi connectivity index (χ4v) is 5.25. The van der Waals surface area contributed by atoms with E-state index in [1.165, 1.54) is 6.07 Å². The number of imide groups is 1. The molecule has 0 spiro atoms. The average Bonchev–Trinajstić information content (AvgIpc) is 3.60. The normalized spacial score (nSPS) is 19.9. The summed E-state index contributed by atoms with van der Waals surface area (Å²) in [6, 6.07) is 3.97. The van der Waals surface area contributed by atoms with Gasteiger partial charge >= 0.3 is 0 Å². The van der Waals surface area contributed by atoms with E-state index in [0.717, 1.165) is 32.1 Å². The van der Waals surface area contributed by atoms with Crippen LogP contribution in [0, 0.1) is 17.7 Å². The van der Waals surface area contributed by atoms with Crippen LogP contribution in [-0.4, -0.2) is 32.6 Å². The van der Waals surface area contributed by atoms with E-state index in [0.29, 0.717) is 43.8 Å². The first-order valence-corrected chi connectivity index (χ1v) is 13.8. The highest BCUT2D eigenvalue weighted by molar-refractivity contribution is 7.89. The topological polar surface area (TPSA) is 102 Å². The van der Waals surface area contributed by atoms with Gasteiger partial charge in [0.25, 0.3) is 0 Å².